The van der Waals surface area contributed by atoms with Gasteiger partial charge in [0.2, 0.25) is 0 Å². The lowest BCUT2D eigenvalue weighted by Crippen LogP contribution is -2.29. The van der Waals surface area contributed by atoms with Crippen LogP contribution in [0, 0.1) is 0 Å². The Bertz CT molecular complexity index is 526. The summed E-state index contributed by atoms with van der Waals surface area (Å²) in [6.07, 6.45) is 6.04. The van der Waals surface area contributed by atoms with Gasteiger partial charge in [0.25, 0.3) is 0 Å². The van der Waals surface area contributed by atoms with Crippen LogP contribution >= 0.6 is 0 Å². The van der Waals surface area contributed by atoms with E-state index in [-0.39, 0.29) is 0 Å². The zero-order chi connectivity index (χ0) is 11.8. The van der Waals surface area contributed by atoms with Crippen molar-refractivity contribution < 1.29 is 5.11 Å². The SMILES string of the molecule is CN1CCC(c2ncc3c(O)cccn23)CC1. The van der Waals surface area contributed by atoms with Crippen molar-refractivity contribution in [3.05, 3.63) is 30.4 Å². The summed E-state index contributed by atoms with van der Waals surface area (Å²) in [6, 6.07) is 3.57. The molecule has 2 aromatic heterocycles. The molecule has 4 heteroatoms. The molecule has 2 aromatic rings. The fourth-order valence-electron chi connectivity index (χ4n) is 2.60. The van der Waals surface area contributed by atoms with Crippen LogP contribution in [0.4, 0.5) is 0 Å². The monoisotopic (exact) mass is 231 g/mol. The third-order valence-corrected chi connectivity index (χ3v) is 3.66. The fourth-order valence-corrected chi connectivity index (χ4v) is 2.60. The number of aromatic nitrogens is 2. The Morgan fingerprint density at radius 3 is 2.88 bits per heavy atom. The average Bonchev–Trinajstić information content (AvgIpc) is 2.75. The molecule has 1 saturated heterocycles. The molecule has 0 aliphatic carbocycles. The Balaban J connectivity index is 1.98. The lowest BCUT2D eigenvalue weighted by atomic mass is 9.96. The number of likely N-dealkylation sites (tertiary alicyclic amines) is 1. The molecular formula is C13H17N3O. The predicted molar refractivity (Wildman–Crippen MR) is 66.3 cm³/mol. The van der Waals surface area contributed by atoms with E-state index in [0.717, 1.165) is 37.3 Å². The molecule has 1 N–H and O–H groups in total. The summed E-state index contributed by atoms with van der Waals surface area (Å²) in [5, 5.41) is 9.76. The molecule has 1 aliphatic rings. The molecule has 0 radical (unpaired) electrons. The molecule has 0 bridgehead atoms. The van der Waals surface area contributed by atoms with E-state index in [1.807, 2.05) is 16.7 Å². The second-order valence-electron chi connectivity index (χ2n) is 4.84. The number of pyridine rings is 1. The van der Waals surface area contributed by atoms with E-state index in [1.165, 1.54) is 0 Å². The molecule has 17 heavy (non-hydrogen) atoms. The van der Waals surface area contributed by atoms with Gasteiger partial charge in [-0.3, -0.25) is 0 Å². The van der Waals surface area contributed by atoms with Crippen molar-refractivity contribution >= 4 is 5.52 Å². The first-order valence-corrected chi connectivity index (χ1v) is 6.09. The van der Waals surface area contributed by atoms with Gasteiger partial charge in [-0.1, -0.05) is 0 Å². The molecule has 0 atom stereocenters. The van der Waals surface area contributed by atoms with Crippen molar-refractivity contribution in [2.45, 2.75) is 18.8 Å². The quantitative estimate of drug-likeness (QED) is 0.814. The number of nitrogens with zero attached hydrogens (tertiary/aromatic N) is 3. The van der Waals surface area contributed by atoms with Gasteiger partial charge >= 0.3 is 0 Å². The summed E-state index contributed by atoms with van der Waals surface area (Å²) >= 11 is 0. The van der Waals surface area contributed by atoms with Crippen molar-refractivity contribution in [3.63, 3.8) is 0 Å². The lowest BCUT2D eigenvalue weighted by Gasteiger charge is -2.28. The van der Waals surface area contributed by atoms with Gasteiger partial charge in [-0.05, 0) is 45.1 Å². The maximum atomic E-state index is 9.76. The van der Waals surface area contributed by atoms with Crippen LogP contribution in [0.15, 0.2) is 24.5 Å². The van der Waals surface area contributed by atoms with E-state index in [0.29, 0.717) is 11.7 Å². The summed E-state index contributed by atoms with van der Waals surface area (Å²) in [7, 11) is 2.16. The lowest BCUT2D eigenvalue weighted by molar-refractivity contribution is 0.251. The molecule has 3 heterocycles. The summed E-state index contributed by atoms with van der Waals surface area (Å²) in [4.78, 5) is 6.84. The Hall–Kier alpha value is -1.55. The van der Waals surface area contributed by atoms with Crippen LogP contribution in [-0.4, -0.2) is 39.5 Å². The van der Waals surface area contributed by atoms with Gasteiger partial charge in [-0.25, -0.2) is 4.98 Å². The number of piperidine rings is 1. The summed E-state index contributed by atoms with van der Waals surface area (Å²) < 4.78 is 2.02. The highest BCUT2D eigenvalue weighted by atomic mass is 16.3. The number of imidazole rings is 1. The van der Waals surface area contributed by atoms with Gasteiger partial charge in [0.15, 0.2) is 0 Å². The number of hydrogen-bond acceptors (Lipinski definition) is 3. The number of hydrogen-bond donors (Lipinski definition) is 1. The Labute approximate surface area is 101 Å². The van der Waals surface area contributed by atoms with E-state index in [9.17, 15) is 5.11 Å². The molecule has 0 amide bonds. The van der Waals surface area contributed by atoms with Crippen LogP contribution in [0.1, 0.15) is 24.6 Å². The van der Waals surface area contributed by atoms with Crippen molar-refractivity contribution in [2.24, 2.45) is 0 Å². The summed E-state index contributed by atoms with van der Waals surface area (Å²) in [5.74, 6) is 1.90. The number of fused-ring (bicyclic) bond motifs is 1. The highest BCUT2D eigenvalue weighted by molar-refractivity contribution is 5.58. The predicted octanol–water partition coefficient (Wildman–Crippen LogP) is 1.85. The Morgan fingerprint density at radius 1 is 1.35 bits per heavy atom. The maximum Gasteiger partial charge on any atom is 0.141 e. The second kappa shape index (κ2) is 4.04. The molecule has 1 aliphatic heterocycles. The third-order valence-electron chi connectivity index (χ3n) is 3.66. The van der Waals surface area contributed by atoms with Crippen LogP contribution in [-0.2, 0) is 0 Å². The van der Waals surface area contributed by atoms with Crippen molar-refractivity contribution in [1.29, 1.82) is 0 Å². The molecule has 0 unspecified atom stereocenters. The fraction of sp³-hybridized carbons (Fsp3) is 0.462. The molecule has 4 nitrogen and oxygen atoms in total. The smallest absolute Gasteiger partial charge is 0.141 e. The zero-order valence-electron chi connectivity index (χ0n) is 10.0. The highest BCUT2D eigenvalue weighted by Crippen LogP contribution is 2.29. The van der Waals surface area contributed by atoms with E-state index >= 15 is 0 Å². The minimum atomic E-state index is 0.305. The molecule has 0 spiro atoms. The Morgan fingerprint density at radius 2 is 2.12 bits per heavy atom. The number of rotatable bonds is 1. The van der Waals surface area contributed by atoms with Crippen molar-refractivity contribution in [3.8, 4) is 5.75 Å². The van der Waals surface area contributed by atoms with Crippen molar-refractivity contribution in [2.75, 3.05) is 20.1 Å². The van der Waals surface area contributed by atoms with E-state index in [2.05, 4.69) is 16.9 Å². The van der Waals surface area contributed by atoms with Crippen LogP contribution in [0.25, 0.3) is 5.52 Å². The first kappa shape index (κ1) is 10.6. The van der Waals surface area contributed by atoms with Gasteiger partial charge < -0.3 is 14.4 Å². The first-order chi connectivity index (χ1) is 8.25. The van der Waals surface area contributed by atoms with Gasteiger partial charge in [0, 0.05) is 12.1 Å². The van der Waals surface area contributed by atoms with E-state index in [4.69, 9.17) is 0 Å². The average molecular weight is 231 g/mol. The van der Waals surface area contributed by atoms with Crippen LogP contribution in [0.5, 0.6) is 5.75 Å². The molecule has 0 aromatic carbocycles. The van der Waals surface area contributed by atoms with Gasteiger partial charge in [-0.15, -0.1) is 0 Å². The normalized spacial score (nSPS) is 18.9. The van der Waals surface area contributed by atoms with Gasteiger partial charge in [0.1, 0.15) is 17.1 Å². The van der Waals surface area contributed by atoms with E-state index in [1.54, 1.807) is 12.3 Å². The highest BCUT2D eigenvalue weighted by Gasteiger charge is 2.22. The van der Waals surface area contributed by atoms with Gasteiger partial charge in [0.05, 0.1) is 6.20 Å². The van der Waals surface area contributed by atoms with E-state index < -0.39 is 0 Å². The molecule has 90 valence electrons. The first-order valence-electron chi connectivity index (χ1n) is 6.09. The van der Waals surface area contributed by atoms with Crippen molar-refractivity contribution in [1.82, 2.24) is 14.3 Å². The minimum Gasteiger partial charge on any atom is -0.506 e. The minimum absolute atomic E-state index is 0.305. The molecule has 3 rings (SSSR count). The zero-order valence-corrected chi connectivity index (χ0v) is 10.0. The molecule has 1 fully saturated rings. The standard InChI is InChI=1S/C13H17N3O/c1-15-7-4-10(5-8-15)13-14-9-11-12(17)3-2-6-16(11)13/h2-3,6,9-10,17H,4-5,7-8H2,1H3. The maximum absolute atomic E-state index is 9.76. The third kappa shape index (κ3) is 1.78. The molecule has 0 saturated carbocycles. The summed E-state index contributed by atoms with van der Waals surface area (Å²) in [5.41, 5.74) is 0.807. The van der Waals surface area contributed by atoms with Gasteiger partial charge in [-0.2, -0.15) is 0 Å². The Kier molecular flexibility index (Phi) is 2.52. The largest absolute Gasteiger partial charge is 0.506 e. The second-order valence-corrected chi connectivity index (χ2v) is 4.84. The summed E-state index contributed by atoms with van der Waals surface area (Å²) in [6.45, 7) is 2.25. The van der Waals surface area contributed by atoms with Crippen LogP contribution in [0.3, 0.4) is 0 Å². The topological polar surface area (TPSA) is 40.8 Å². The number of aromatic hydroxyl groups is 1. The van der Waals surface area contributed by atoms with Crippen LogP contribution in [0.2, 0.25) is 0 Å². The van der Waals surface area contributed by atoms with Crippen LogP contribution < -0.4 is 0 Å². The molecular weight excluding hydrogens is 214 g/mol.